The summed E-state index contributed by atoms with van der Waals surface area (Å²) in [5.74, 6) is 0.750. The van der Waals surface area contributed by atoms with Gasteiger partial charge in [0.1, 0.15) is 6.04 Å². The average Bonchev–Trinajstić information content (AvgIpc) is 2.64. The first-order valence-corrected chi connectivity index (χ1v) is 9.49. The van der Waals surface area contributed by atoms with Gasteiger partial charge in [0, 0.05) is 12.1 Å². The molecule has 0 spiro atoms. The summed E-state index contributed by atoms with van der Waals surface area (Å²) in [5, 5.41) is 5.93. The fourth-order valence-corrected chi connectivity index (χ4v) is 3.29. The van der Waals surface area contributed by atoms with Gasteiger partial charge in [-0.2, -0.15) is 0 Å². The molecule has 0 bridgehead atoms. The summed E-state index contributed by atoms with van der Waals surface area (Å²) >= 11 is 0. The van der Waals surface area contributed by atoms with Crippen LogP contribution in [-0.4, -0.2) is 22.8 Å². The normalized spacial score (nSPS) is 22.7. The minimum absolute atomic E-state index is 0.0326. The molecular formula is C20H31N3O2. The molecule has 5 heteroatoms. The molecule has 0 saturated heterocycles. The zero-order chi connectivity index (χ0) is 18.2. The maximum atomic E-state index is 12.6. The lowest BCUT2D eigenvalue weighted by Gasteiger charge is -2.29. The van der Waals surface area contributed by atoms with Crippen molar-refractivity contribution < 1.29 is 9.59 Å². The fraction of sp³-hybridized carbons (Fsp3) is 0.650. The van der Waals surface area contributed by atoms with Gasteiger partial charge in [-0.1, -0.05) is 33.3 Å². The molecule has 25 heavy (non-hydrogen) atoms. The van der Waals surface area contributed by atoms with Crippen molar-refractivity contribution in [2.24, 2.45) is 17.8 Å². The number of pyridine rings is 1. The fourth-order valence-electron chi connectivity index (χ4n) is 3.29. The van der Waals surface area contributed by atoms with Crippen LogP contribution in [0.2, 0.25) is 0 Å². The first kappa shape index (κ1) is 19.4. The quantitative estimate of drug-likeness (QED) is 0.798. The molecule has 0 radical (unpaired) electrons. The van der Waals surface area contributed by atoms with Gasteiger partial charge in [0.15, 0.2) is 0 Å². The molecule has 5 nitrogen and oxygen atoms in total. The lowest BCUT2D eigenvalue weighted by atomic mass is 9.82. The van der Waals surface area contributed by atoms with Crippen LogP contribution in [0.5, 0.6) is 0 Å². The van der Waals surface area contributed by atoms with Crippen molar-refractivity contribution in [2.45, 2.75) is 65.5 Å². The molecule has 1 heterocycles. The van der Waals surface area contributed by atoms with E-state index in [1.165, 1.54) is 0 Å². The minimum atomic E-state index is -0.486. The number of carbonyl (C=O) groups excluding carboxylic acids is 2. The zero-order valence-corrected chi connectivity index (χ0v) is 15.6. The van der Waals surface area contributed by atoms with Gasteiger partial charge in [0.2, 0.25) is 11.8 Å². The third-order valence-electron chi connectivity index (χ3n) is 5.35. The van der Waals surface area contributed by atoms with E-state index in [1.807, 2.05) is 32.0 Å². The highest BCUT2D eigenvalue weighted by Gasteiger charge is 2.30. The molecule has 1 fully saturated rings. The van der Waals surface area contributed by atoms with Crippen LogP contribution in [0.25, 0.3) is 0 Å². The van der Waals surface area contributed by atoms with Crippen molar-refractivity contribution in [3.8, 4) is 0 Å². The zero-order valence-electron chi connectivity index (χ0n) is 15.6. The Kier molecular flexibility index (Phi) is 7.41. The van der Waals surface area contributed by atoms with Crippen molar-refractivity contribution in [3.05, 3.63) is 30.1 Å². The number of hydrogen-bond acceptors (Lipinski definition) is 3. The van der Waals surface area contributed by atoms with Crippen molar-refractivity contribution in [1.29, 1.82) is 0 Å². The van der Waals surface area contributed by atoms with Crippen LogP contribution in [0.3, 0.4) is 0 Å². The molecular weight excluding hydrogens is 314 g/mol. The molecule has 1 aromatic heterocycles. The average molecular weight is 345 g/mol. The first-order valence-electron chi connectivity index (χ1n) is 9.49. The summed E-state index contributed by atoms with van der Waals surface area (Å²) in [6, 6.07) is 5.13. The van der Waals surface area contributed by atoms with Crippen LogP contribution in [0.4, 0.5) is 0 Å². The maximum absolute atomic E-state index is 12.6. The number of amides is 2. The van der Waals surface area contributed by atoms with E-state index >= 15 is 0 Å². The summed E-state index contributed by atoms with van der Waals surface area (Å²) < 4.78 is 0. The Morgan fingerprint density at radius 3 is 2.56 bits per heavy atom. The van der Waals surface area contributed by atoms with Crippen LogP contribution in [0.15, 0.2) is 24.4 Å². The van der Waals surface area contributed by atoms with Crippen LogP contribution < -0.4 is 10.6 Å². The van der Waals surface area contributed by atoms with E-state index in [2.05, 4.69) is 22.5 Å². The van der Waals surface area contributed by atoms with Gasteiger partial charge in [-0.3, -0.25) is 14.6 Å². The second-order valence-electron chi connectivity index (χ2n) is 7.37. The predicted molar refractivity (Wildman–Crippen MR) is 98.6 cm³/mol. The van der Waals surface area contributed by atoms with Crippen LogP contribution >= 0.6 is 0 Å². The van der Waals surface area contributed by atoms with E-state index < -0.39 is 6.04 Å². The van der Waals surface area contributed by atoms with E-state index in [0.717, 1.165) is 37.8 Å². The Morgan fingerprint density at radius 1 is 1.24 bits per heavy atom. The number of nitrogens with zero attached hydrogens (tertiary/aromatic N) is 1. The van der Waals surface area contributed by atoms with Crippen LogP contribution in [0.1, 0.15) is 58.6 Å². The molecule has 1 aromatic rings. The molecule has 0 unspecified atom stereocenters. The van der Waals surface area contributed by atoms with Gasteiger partial charge < -0.3 is 10.6 Å². The standard InChI is InChI=1S/C20H31N3O2/c1-4-15(3)18(20(25)22-13-17-7-5-6-12-21-17)23-19(24)16-10-8-14(2)9-11-16/h5-7,12,14-16,18H,4,8-11,13H2,1-3H3,(H,22,25)(H,23,24)/t14?,15-,16?,18+/m1/s1. The SMILES string of the molecule is CC[C@@H](C)[C@H](NC(=O)C1CCC(C)CC1)C(=O)NCc1ccccn1. The van der Waals surface area contributed by atoms with E-state index in [0.29, 0.717) is 12.5 Å². The van der Waals surface area contributed by atoms with Gasteiger partial charge in [-0.05, 0) is 49.7 Å². The summed E-state index contributed by atoms with van der Waals surface area (Å²) in [7, 11) is 0. The Bertz CT molecular complexity index is 553. The monoisotopic (exact) mass is 345 g/mol. The number of aromatic nitrogens is 1. The Labute approximate surface area is 151 Å². The van der Waals surface area contributed by atoms with E-state index in [9.17, 15) is 9.59 Å². The predicted octanol–water partition coefficient (Wildman–Crippen LogP) is 3.06. The second-order valence-corrected chi connectivity index (χ2v) is 7.37. The lowest BCUT2D eigenvalue weighted by molar-refractivity contribution is -0.133. The molecule has 1 saturated carbocycles. The third kappa shape index (κ3) is 5.83. The summed E-state index contributed by atoms with van der Waals surface area (Å²) in [6.07, 6.45) is 6.59. The van der Waals surface area contributed by atoms with Crippen molar-refractivity contribution in [1.82, 2.24) is 15.6 Å². The summed E-state index contributed by atoms with van der Waals surface area (Å²) in [5.41, 5.74) is 0.811. The smallest absolute Gasteiger partial charge is 0.243 e. The number of hydrogen-bond donors (Lipinski definition) is 2. The molecule has 1 aliphatic rings. The molecule has 2 atom stereocenters. The molecule has 2 amide bonds. The van der Waals surface area contributed by atoms with Crippen LogP contribution in [-0.2, 0) is 16.1 Å². The van der Waals surface area contributed by atoms with E-state index in [-0.39, 0.29) is 23.7 Å². The Morgan fingerprint density at radius 2 is 1.96 bits per heavy atom. The maximum Gasteiger partial charge on any atom is 0.243 e. The summed E-state index contributed by atoms with van der Waals surface area (Å²) in [6.45, 7) is 6.66. The molecule has 0 aliphatic heterocycles. The van der Waals surface area contributed by atoms with Crippen molar-refractivity contribution in [3.63, 3.8) is 0 Å². The molecule has 2 N–H and O–H groups in total. The molecule has 0 aromatic carbocycles. The summed E-state index contributed by atoms with van der Waals surface area (Å²) in [4.78, 5) is 29.5. The van der Waals surface area contributed by atoms with Crippen molar-refractivity contribution >= 4 is 11.8 Å². The first-order chi connectivity index (χ1) is 12.0. The highest BCUT2D eigenvalue weighted by atomic mass is 16.2. The number of rotatable bonds is 7. The molecule has 1 aliphatic carbocycles. The number of nitrogens with one attached hydrogen (secondary N) is 2. The topological polar surface area (TPSA) is 71.1 Å². The van der Waals surface area contributed by atoms with E-state index in [4.69, 9.17) is 0 Å². The lowest BCUT2D eigenvalue weighted by Crippen LogP contribution is -2.51. The largest absolute Gasteiger partial charge is 0.349 e. The van der Waals surface area contributed by atoms with Gasteiger partial charge >= 0.3 is 0 Å². The highest BCUT2D eigenvalue weighted by Crippen LogP contribution is 2.28. The van der Waals surface area contributed by atoms with Gasteiger partial charge in [-0.15, -0.1) is 0 Å². The van der Waals surface area contributed by atoms with Gasteiger partial charge in [-0.25, -0.2) is 0 Å². The second kappa shape index (κ2) is 9.54. The Balaban J connectivity index is 1.93. The van der Waals surface area contributed by atoms with Gasteiger partial charge in [0.25, 0.3) is 0 Å². The highest BCUT2D eigenvalue weighted by molar-refractivity contribution is 5.88. The van der Waals surface area contributed by atoms with Gasteiger partial charge in [0.05, 0.1) is 12.2 Å². The van der Waals surface area contributed by atoms with Crippen molar-refractivity contribution in [2.75, 3.05) is 0 Å². The number of carbonyl (C=O) groups is 2. The molecule has 138 valence electrons. The Hall–Kier alpha value is -1.91. The molecule has 2 rings (SSSR count). The minimum Gasteiger partial charge on any atom is -0.349 e. The third-order valence-corrected chi connectivity index (χ3v) is 5.35. The van der Waals surface area contributed by atoms with E-state index in [1.54, 1.807) is 6.20 Å². The van der Waals surface area contributed by atoms with Crippen LogP contribution in [0, 0.1) is 17.8 Å².